The van der Waals surface area contributed by atoms with Crippen LogP contribution in [0.15, 0.2) is 12.4 Å². The van der Waals surface area contributed by atoms with E-state index in [1.807, 2.05) is 12.4 Å². The maximum atomic E-state index is 4.75. The van der Waals surface area contributed by atoms with Crippen molar-refractivity contribution >= 4 is 5.82 Å². The molecule has 1 fully saturated rings. The molecule has 106 valence electrons. The predicted octanol–water partition coefficient (Wildman–Crippen LogP) is 2.74. The van der Waals surface area contributed by atoms with E-state index in [0.717, 1.165) is 24.6 Å². The maximum absolute atomic E-state index is 4.75. The van der Waals surface area contributed by atoms with Gasteiger partial charge in [-0.15, -0.1) is 0 Å². The number of nitrogens with zero attached hydrogens (tertiary/aromatic N) is 3. The molecule has 0 amide bonds. The zero-order chi connectivity index (χ0) is 13.9. The molecule has 1 saturated heterocycles. The molecule has 1 unspecified atom stereocenters. The summed E-state index contributed by atoms with van der Waals surface area (Å²) in [6.45, 7) is 10.6. The Labute approximate surface area is 116 Å². The van der Waals surface area contributed by atoms with Crippen molar-refractivity contribution in [3.63, 3.8) is 0 Å². The molecule has 0 bridgehead atoms. The molecule has 0 aliphatic carbocycles. The van der Waals surface area contributed by atoms with Gasteiger partial charge in [0, 0.05) is 30.9 Å². The third kappa shape index (κ3) is 4.16. The molecule has 0 saturated carbocycles. The Balaban J connectivity index is 2.06. The minimum Gasteiger partial charge on any atom is -0.353 e. The molecule has 4 nitrogen and oxygen atoms in total. The lowest BCUT2D eigenvalue weighted by molar-refractivity contribution is 0.420. The monoisotopic (exact) mass is 262 g/mol. The van der Waals surface area contributed by atoms with Crippen LogP contribution in [0.2, 0.25) is 0 Å². The fourth-order valence-corrected chi connectivity index (χ4v) is 2.41. The lowest BCUT2D eigenvalue weighted by Gasteiger charge is -2.34. The Morgan fingerprint density at radius 3 is 2.79 bits per heavy atom. The molecule has 2 rings (SSSR count). The third-order valence-electron chi connectivity index (χ3n) is 3.57. The van der Waals surface area contributed by atoms with Crippen molar-refractivity contribution in [2.24, 2.45) is 0 Å². The van der Waals surface area contributed by atoms with Crippen LogP contribution < -0.4 is 10.2 Å². The Morgan fingerprint density at radius 2 is 2.11 bits per heavy atom. The number of rotatable bonds is 3. The predicted molar refractivity (Wildman–Crippen MR) is 79.3 cm³/mol. The van der Waals surface area contributed by atoms with Gasteiger partial charge in [-0.3, -0.25) is 4.98 Å². The van der Waals surface area contributed by atoms with Crippen molar-refractivity contribution < 1.29 is 0 Å². The van der Waals surface area contributed by atoms with Crippen LogP contribution in [-0.2, 0) is 6.54 Å². The van der Waals surface area contributed by atoms with Crippen molar-refractivity contribution in [3.8, 4) is 0 Å². The first-order chi connectivity index (χ1) is 8.96. The van der Waals surface area contributed by atoms with Gasteiger partial charge in [0.1, 0.15) is 5.82 Å². The second-order valence-corrected chi connectivity index (χ2v) is 6.51. The highest BCUT2D eigenvalue weighted by Gasteiger charge is 2.20. The number of piperidine rings is 1. The fraction of sp³-hybridized carbons (Fsp3) is 0.733. The van der Waals surface area contributed by atoms with Crippen molar-refractivity contribution in [3.05, 3.63) is 18.1 Å². The van der Waals surface area contributed by atoms with Gasteiger partial charge in [0.2, 0.25) is 0 Å². The van der Waals surface area contributed by atoms with Crippen molar-refractivity contribution in [1.82, 2.24) is 15.3 Å². The highest BCUT2D eigenvalue weighted by Crippen LogP contribution is 2.22. The van der Waals surface area contributed by atoms with Gasteiger partial charge in [0.05, 0.1) is 11.9 Å². The summed E-state index contributed by atoms with van der Waals surface area (Å²) in [7, 11) is 0. The molecular weight excluding hydrogens is 236 g/mol. The summed E-state index contributed by atoms with van der Waals surface area (Å²) in [6, 6.07) is 0.578. The number of aromatic nitrogens is 2. The lowest BCUT2D eigenvalue weighted by Crippen LogP contribution is -2.38. The average Bonchev–Trinajstić information content (AvgIpc) is 2.36. The lowest BCUT2D eigenvalue weighted by atomic mass is 10.0. The van der Waals surface area contributed by atoms with Crippen LogP contribution in [0.1, 0.15) is 52.7 Å². The first-order valence-corrected chi connectivity index (χ1v) is 7.28. The average molecular weight is 262 g/mol. The third-order valence-corrected chi connectivity index (χ3v) is 3.57. The Hall–Kier alpha value is -1.16. The minimum absolute atomic E-state index is 0.107. The number of nitrogens with one attached hydrogen (secondary N) is 1. The topological polar surface area (TPSA) is 41.1 Å². The van der Waals surface area contributed by atoms with Crippen LogP contribution in [0.25, 0.3) is 0 Å². The molecule has 1 N–H and O–H groups in total. The molecule has 0 aromatic carbocycles. The SMILES string of the molecule is CC1CCCCN1c1cncc(CNC(C)(C)C)n1. The number of hydrogen-bond acceptors (Lipinski definition) is 4. The van der Waals surface area contributed by atoms with Gasteiger partial charge in [0.15, 0.2) is 0 Å². The summed E-state index contributed by atoms with van der Waals surface area (Å²) in [5.74, 6) is 1.03. The van der Waals surface area contributed by atoms with Gasteiger partial charge in [-0.25, -0.2) is 4.98 Å². The second-order valence-electron chi connectivity index (χ2n) is 6.51. The van der Waals surface area contributed by atoms with E-state index in [-0.39, 0.29) is 5.54 Å². The van der Waals surface area contributed by atoms with Crippen LogP contribution >= 0.6 is 0 Å². The minimum atomic E-state index is 0.107. The van der Waals surface area contributed by atoms with Crippen molar-refractivity contribution in [2.75, 3.05) is 11.4 Å². The summed E-state index contributed by atoms with van der Waals surface area (Å²) in [5, 5.41) is 3.46. The Kier molecular flexibility index (Phi) is 4.40. The highest BCUT2D eigenvalue weighted by atomic mass is 15.2. The van der Waals surface area contributed by atoms with Gasteiger partial charge in [0.25, 0.3) is 0 Å². The largest absolute Gasteiger partial charge is 0.353 e. The van der Waals surface area contributed by atoms with E-state index >= 15 is 0 Å². The molecular formula is C15H26N4. The molecule has 1 aliphatic heterocycles. The first-order valence-electron chi connectivity index (χ1n) is 7.28. The number of anilines is 1. The first kappa shape index (κ1) is 14.3. The van der Waals surface area contributed by atoms with E-state index in [4.69, 9.17) is 4.98 Å². The molecule has 2 heterocycles. The van der Waals surface area contributed by atoms with Gasteiger partial charge in [-0.1, -0.05) is 0 Å². The van der Waals surface area contributed by atoms with E-state index in [1.165, 1.54) is 19.3 Å². The summed E-state index contributed by atoms with van der Waals surface area (Å²) in [4.78, 5) is 11.5. The molecule has 0 spiro atoms. The molecule has 1 aromatic heterocycles. The van der Waals surface area contributed by atoms with Gasteiger partial charge in [-0.2, -0.15) is 0 Å². The quantitative estimate of drug-likeness (QED) is 0.909. The second kappa shape index (κ2) is 5.87. The summed E-state index contributed by atoms with van der Waals surface area (Å²) in [6.07, 6.45) is 7.60. The maximum Gasteiger partial charge on any atom is 0.147 e. The highest BCUT2D eigenvalue weighted by molar-refractivity contribution is 5.38. The smallest absolute Gasteiger partial charge is 0.147 e. The van der Waals surface area contributed by atoms with Gasteiger partial charge in [-0.05, 0) is 47.0 Å². The number of hydrogen-bond donors (Lipinski definition) is 1. The van der Waals surface area contributed by atoms with Crippen molar-refractivity contribution in [2.45, 2.75) is 65.1 Å². The van der Waals surface area contributed by atoms with E-state index in [0.29, 0.717) is 6.04 Å². The van der Waals surface area contributed by atoms with Gasteiger partial charge < -0.3 is 10.2 Å². The van der Waals surface area contributed by atoms with Crippen LogP contribution in [-0.4, -0.2) is 28.1 Å². The molecule has 1 atom stereocenters. The van der Waals surface area contributed by atoms with Gasteiger partial charge >= 0.3 is 0 Å². The van der Waals surface area contributed by atoms with E-state index in [2.05, 4.69) is 42.9 Å². The molecule has 0 radical (unpaired) electrons. The van der Waals surface area contributed by atoms with Crippen LogP contribution in [0.4, 0.5) is 5.82 Å². The Bertz CT molecular complexity index is 411. The summed E-state index contributed by atoms with van der Waals surface area (Å²) < 4.78 is 0. The van der Waals surface area contributed by atoms with E-state index < -0.39 is 0 Å². The summed E-state index contributed by atoms with van der Waals surface area (Å²) >= 11 is 0. The zero-order valence-electron chi connectivity index (χ0n) is 12.6. The molecule has 4 heteroatoms. The molecule has 1 aliphatic rings. The Morgan fingerprint density at radius 1 is 1.32 bits per heavy atom. The van der Waals surface area contributed by atoms with Crippen LogP contribution in [0, 0.1) is 0 Å². The van der Waals surface area contributed by atoms with Crippen LogP contribution in [0.3, 0.4) is 0 Å². The normalized spacial score (nSPS) is 20.6. The van der Waals surface area contributed by atoms with E-state index in [9.17, 15) is 0 Å². The molecule has 1 aromatic rings. The van der Waals surface area contributed by atoms with E-state index in [1.54, 1.807) is 0 Å². The standard InChI is InChI=1S/C15H26N4/c1-12-7-5-6-8-19(12)14-11-16-9-13(18-14)10-17-15(2,3)4/h9,11-12,17H,5-8,10H2,1-4H3. The zero-order valence-corrected chi connectivity index (χ0v) is 12.6. The van der Waals surface area contributed by atoms with Crippen molar-refractivity contribution in [1.29, 1.82) is 0 Å². The fourth-order valence-electron chi connectivity index (χ4n) is 2.41. The van der Waals surface area contributed by atoms with Crippen LogP contribution in [0.5, 0.6) is 0 Å². The molecule has 19 heavy (non-hydrogen) atoms. The summed E-state index contributed by atoms with van der Waals surface area (Å²) in [5.41, 5.74) is 1.13.